The van der Waals surface area contributed by atoms with Gasteiger partial charge in [0.25, 0.3) is 0 Å². The summed E-state index contributed by atoms with van der Waals surface area (Å²) in [6, 6.07) is 6.11. The number of anilines is 1. The molecule has 2 fully saturated rings. The highest BCUT2D eigenvalue weighted by Crippen LogP contribution is 2.34. The van der Waals surface area contributed by atoms with Crippen LogP contribution in [0.15, 0.2) is 18.2 Å². The number of amides is 1. The molecule has 2 aliphatic rings. The Morgan fingerprint density at radius 1 is 1.19 bits per heavy atom. The Labute approximate surface area is 159 Å². The van der Waals surface area contributed by atoms with Gasteiger partial charge in [-0.15, -0.1) is 0 Å². The summed E-state index contributed by atoms with van der Waals surface area (Å²) < 4.78 is 6.87. The number of piperazine rings is 1. The zero-order valence-corrected chi connectivity index (χ0v) is 16.3. The molecule has 1 amide bonds. The van der Waals surface area contributed by atoms with E-state index in [1.807, 2.05) is 19.1 Å². The van der Waals surface area contributed by atoms with Crippen LogP contribution in [0.1, 0.15) is 39.0 Å². The Bertz CT molecular complexity index is 762. The molecule has 1 aromatic carbocycles. The fourth-order valence-electron chi connectivity index (χ4n) is 4.04. The summed E-state index contributed by atoms with van der Waals surface area (Å²) in [7, 11) is 0. The van der Waals surface area contributed by atoms with E-state index in [9.17, 15) is 4.79 Å². The summed E-state index contributed by atoms with van der Waals surface area (Å²) in [5.74, 6) is 1.51. The first-order chi connectivity index (χ1) is 12.8. The Hall–Kier alpha value is -1.82. The third-order valence-corrected chi connectivity index (χ3v) is 6.57. The van der Waals surface area contributed by atoms with Crippen LogP contribution in [0.5, 0.6) is 5.75 Å². The van der Waals surface area contributed by atoms with Crippen molar-refractivity contribution in [2.24, 2.45) is 5.92 Å². The molecule has 0 N–H and O–H groups in total. The molecule has 1 saturated carbocycles. The van der Waals surface area contributed by atoms with Gasteiger partial charge in [0.1, 0.15) is 11.3 Å². The second-order valence-corrected chi connectivity index (χ2v) is 8.19. The third-order valence-electron chi connectivity index (χ3n) is 5.49. The summed E-state index contributed by atoms with van der Waals surface area (Å²) in [4.78, 5) is 21.9. The Kier molecular flexibility index (Phi) is 5.29. The molecule has 1 aromatic heterocycles. The second kappa shape index (κ2) is 7.82. The minimum Gasteiger partial charge on any atom is -0.492 e. The van der Waals surface area contributed by atoms with Crippen LogP contribution >= 0.6 is 11.3 Å². The Morgan fingerprint density at radius 2 is 1.96 bits per heavy atom. The van der Waals surface area contributed by atoms with E-state index in [4.69, 9.17) is 9.72 Å². The summed E-state index contributed by atoms with van der Waals surface area (Å²) >= 11 is 1.71. The van der Waals surface area contributed by atoms with Gasteiger partial charge in [0.2, 0.25) is 5.91 Å². The van der Waals surface area contributed by atoms with Gasteiger partial charge in [-0.2, -0.15) is 0 Å². The van der Waals surface area contributed by atoms with Gasteiger partial charge in [0.05, 0.1) is 11.3 Å². The van der Waals surface area contributed by atoms with Crippen LogP contribution in [0.4, 0.5) is 5.13 Å². The first kappa shape index (κ1) is 17.6. The smallest absolute Gasteiger partial charge is 0.225 e. The van der Waals surface area contributed by atoms with E-state index in [2.05, 4.69) is 15.9 Å². The molecular formula is C20H27N3O2S. The first-order valence-corrected chi connectivity index (χ1v) is 10.6. The monoisotopic (exact) mass is 373 g/mol. The zero-order chi connectivity index (χ0) is 17.9. The first-order valence-electron chi connectivity index (χ1n) is 9.82. The number of hydrogen-bond acceptors (Lipinski definition) is 5. The molecule has 5 nitrogen and oxygen atoms in total. The molecule has 1 saturated heterocycles. The standard InChI is InChI=1S/C20H27N3O2S/c1-2-25-16-9-6-10-17-18(16)21-20(26-17)23-13-11-22(12-14-23)19(24)15-7-4-3-5-8-15/h6,9-10,15H,2-5,7-8,11-14H2,1H3. The molecule has 0 bridgehead atoms. The lowest BCUT2D eigenvalue weighted by molar-refractivity contribution is -0.136. The predicted molar refractivity (Wildman–Crippen MR) is 106 cm³/mol. The van der Waals surface area contributed by atoms with Crippen molar-refractivity contribution in [3.05, 3.63) is 18.2 Å². The SMILES string of the molecule is CCOc1cccc2sc(N3CCN(C(=O)C4CCCCC4)CC3)nc12. The number of ether oxygens (including phenoxy) is 1. The molecule has 0 atom stereocenters. The average molecular weight is 374 g/mol. The van der Waals surface area contributed by atoms with Crippen LogP contribution in [0.25, 0.3) is 10.2 Å². The summed E-state index contributed by atoms with van der Waals surface area (Å²) in [5, 5.41) is 1.04. The van der Waals surface area contributed by atoms with Crippen molar-refractivity contribution in [3.63, 3.8) is 0 Å². The molecule has 1 aliphatic heterocycles. The van der Waals surface area contributed by atoms with Crippen molar-refractivity contribution in [1.29, 1.82) is 0 Å². The number of thiazole rings is 1. The lowest BCUT2D eigenvalue weighted by Crippen LogP contribution is -2.50. The third kappa shape index (κ3) is 3.52. The number of fused-ring (bicyclic) bond motifs is 1. The van der Waals surface area contributed by atoms with Gasteiger partial charge >= 0.3 is 0 Å². The minimum absolute atomic E-state index is 0.270. The van der Waals surface area contributed by atoms with Gasteiger partial charge in [-0.3, -0.25) is 4.79 Å². The highest BCUT2D eigenvalue weighted by Gasteiger charge is 2.29. The van der Waals surface area contributed by atoms with Crippen LogP contribution in [0, 0.1) is 5.92 Å². The van der Waals surface area contributed by atoms with E-state index in [1.165, 1.54) is 19.3 Å². The number of rotatable bonds is 4. The molecule has 6 heteroatoms. The molecule has 2 aromatic rings. The normalized spacial score (nSPS) is 19.1. The van der Waals surface area contributed by atoms with Crippen molar-refractivity contribution in [3.8, 4) is 5.75 Å². The van der Waals surface area contributed by atoms with Crippen molar-refractivity contribution < 1.29 is 9.53 Å². The fourth-order valence-corrected chi connectivity index (χ4v) is 5.08. The maximum absolute atomic E-state index is 12.7. The van der Waals surface area contributed by atoms with E-state index in [0.717, 1.165) is 60.1 Å². The quantitative estimate of drug-likeness (QED) is 0.815. The van der Waals surface area contributed by atoms with E-state index in [1.54, 1.807) is 11.3 Å². The van der Waals surface area contributed by atoms with Crippen molar-refractivity contribution in [2.75, 3.05) is 37.7 Å². The highest BCUT2D eigenvalue weighted by atomic mass is 32.1. The highest BCUT2D eigenvalue weighted by molar-refractivity contribution is 7.22. The van der Waals surface area contributed by atoms with E-state index < -0.39 is 0 Å². The molecule has 0 spiro atoms. The number of carbonyl (C=O) groups excluding carboxylic acids is 1. The zero-order valence-electron chi connectivity index (χ0n) is 15.4. The summed E-state index contributed by atoms with van der Waals surface area (Å²) in [6.07, 6.45) is 5.88. The maximum Gasteiger partial charge on any atom is 0.225 e. The van der Waals surface area contributed by atoms with Crippen LogP contribution in [-0.4, -0.2) is 48.6 Å². The van der Waals surface area contributed by atoms with Crippen molar-refractivity contribution in [1.82, 2.24) is 9.88 Å². The minimum atomic E-state index is 0.270. The molecule has 2 heterocycles. The maximum atomic E-state index is 12.7. The number of para-hydroxylation sites is 1. The van der Waals surface area contributed by atoms with Gasteiger partial charge in [-0.25, -0.2) is 4.98 Å². The number of nitrogens with zero attached hydrogens (tertiary/aromatic N) is 3. The van der Waals surface area contributed by atoms with Crippen molar-refractivity contribution >= 4 is 32.6 Å². The van der Waals surface area contributed by atoms with E-state index in [0.29, 0.717) is 12.5 Å². The van der Waals surface area contributed by atoms with E-state index >= 15 is 0 Å². The number of carbonyl (C=O) groups is 1. The van der Waals surface area contributed by atoms with Gasteiger partial charge in [0.15, 0.2) is 5.13 Å². The topological polar surface area (TPSA) is 45.7 Å². The van der Waals surface area contributed by atoms with Gasteiger partial charge in [0, 0.05) is 32.1 Å². The lowest BCUT2D eigenvalue weighted by Gasteiger charge is -2.37. The molecule has 0 unspecified atom stereocenters. The summed E-state index contributed by atoms with van der Waals surface area (Å²) in [5.41, 5.74) is 0.954. The van der Waals surface area contributed by atoms with Crippen LogP contribution in [0.2, 0.25) is 0 Å². The molecule has 140 valence electrons. The Balaban J connectivity index is 1.42. The Morgan fingerprint density at radius 3 is 2.69 bits per heavy atom. The summed E-state index contributed by atoms with van der Waals surface area (Å²) in [6.45, 7) is 5.99. The fraction of sp³-hybridized carbons (Fsp3) is 0.600. The van der Waals surface area contributed by atoms with Gasteiger partial charge in [-0.1, -0.05) is 36.7 Å². The number of benzene rings is 1. The van der Waals surface area contributed by atoms with Crippen LogP contribution in [0.3, 0.4) is 0 Å². The largest absolute Gasteiger partial charge is 0.492 e. The number of hydrogen-bond donors (Lipinski definition) is 0. The molecule has 4 rings (SSSR count). The van der Waals surface area contributed by atoms with Gasteiger partial charge in [-0.05, 0) is 31.9 Å². The molecule has 0 radical (unpaired) electrons. The number of aromatic nitrogens is 1. The van der Waals surface area contributed by atoms with Crippen LogP contribution in [-0.2, 0) is 4.79 Å². The van der Waals surface area contributed by atoms with Crippen molar-refractivity contribution in [2.45, 2.75) is 39.0 Å². The van der Waals surface area contributed by atoms with E-state index in [-0.39, 0.29) is 5.92 Å². The molecule has 1 aliphatic carbocycles. The average Bonchev–Trinajstić information content (AvgIpc) is 3.14. The molecular weight excluding hydrogens is 346 g/mol. The molecule has 26 heavy (non-hydrogen) atoms. The predicted octanol–water partition coefficient (Wildman–Crippen LogP) is 3.92. The lowest BCUT2D eigenvalue weighted by atomic mass is 9.88. The van der Waals surface area contributed by atoms with Crippen LogP contribution < -0.4 is 9.64 Å². The second-order valence-electron chi connectivity index (χ2n) is 7.18. The van der Waals surface area contributed by atoms with Gasteiger partial charge < -0.3 is 14.5 Å².